The molecule has 0 aromatic carbocycles. The number of carbonyl (C=O) groups excluding carboxylic acids is 2. The lowest BCUT2D eigenvalue weighted by Crippen LogP contribution is -2.16. The molecular formula is C19H21NO3S2. The molecule has 2 aliphatic carbocycles. The number of nitrogens with one attached hydrogen (secondary N) is 1. The van der Waals surface area contributed by atoms with E-state index in [1.165, 1.54) is 40.2 Å². The number of hydrogen-bond donors (Lipinski definition) is 1. The average Bonchev–Trinajstić information content (AvgIpc) is 3.22. The van der Waals surface area contributed by atoms with Gasteiger partial charge in [-0.3, -0.25) is 4.79 Å². The third-order valence-corrected chi connectivity index (χ3v) is 7.39. The van der Waals surface area contributed by atoms with E-state index in [-0.39, 0.29) is 11.9 Å². The van der Waals surface area contributed by atoms with Crippen LogP contribution in [0.1, 0.15) is 67.3 Å². The molecule has 2 aliphatic rings. The Morgan fingerprint density at radius 3 is 2.44 bits per heavy atom. The van der Waals surface area contributed by atoms with E-state index >= 15 is 0 Å². The van der Waals surface area contributed by atoms with E-state index in [0.717, 1.165) is 56.1 Å². The molecule has 1 N–H and O–H groups in total. The molecule has 2 heterocycles. The molecule has 2 aromatic rings. The van der Waals surface area contributed by atoms with Crippen molar-refractivity contribution in [1.29, 1.82) is 0 Å². The lowest BCUT2D eigenvalue weighted by molar-refractivity contribution is 0.0601. The summed E-state index contributed by atoms with van der Waals surface area (Å²) in [4.78, 5) is 27.7. The van der Waals surface area contributed by atoms with Crippen molar-refractivity contribution in [2.75, 3.05) is 12.4 Å². The van der Waals surface area contributed by atoms with Crippen molar-refractivity contribution in [2.45, 2.75) is 51.4 Å². The van der Waals surface area contributed by atoms with Crippen LogP contribution >= 0.6 is 22.7 Å². The van der Waals surface area contributed by atoms with Crippen molar-refractivity contribution in [3.05, 3.63) is 37.4 Å². The third-order valence-electron chi connectivity index (χ3n) is 5.09. The number of methoxy groups -OCH3 is 1. The Hall–Kier alpha value is -1.66. The van der Waals surface area contributed by atoms with Crippen molar-refractivity contribution in [3.8, 4) is 0 Å². The fourth-order valence-electron chi connectivity index (χ4n) is 3.83. The van der Waals surface area contributed by atoms with Gasteiger partial charge >= 0.3 is 5.97 Å². The van der Waals surface area contributed by atoms with Crippen LogP contribution in [0, 0.1) is 0 Å². The number of hydrogen-bond acceptors (Lipinski definition) is 5. The Bertz CT molecular complexity index is 834. The van der Waals surface area contributed by atoms with Gasteiger partial charge in [-0.2, -0.15) is 0 Å². The second-order valence-electron chi connectivity index (χ2n) is 6.62. The summed E-state index contributed by atoms with van der Waals surface area (Å²) in [6.45, 7) is 0. The fourth-order valence-corrected chi connectivity index (χ4v) is 6.23. The summed E-state index contributed by atoms with van der Waals surface area (Å²) in [5, 5.41) is 5.64. The van der Waals surface area contributed by atoms with Crippen molar-refractivity contribution in [3.63, 3.8) is 0 Å². The largest absolute Gasteiger partial charge is 0.465 e. The Morgan fingerprint density at radius 2 is 1.68 bits per heavy atom. The smallest absolute Gasteiger partial charge is 0.341 e. The standard InChI is InChI=1S/C19H21NO3S2/c1-23-19(22)16-12-7-3-5-9-15(12)25-18(16)20-17(21)13-10-24-14-8-4-2-6-11(13)14/h10H,2-9H2,1H3,(H,20,21). The number of ether oxygens (including phenoxy) is 1. The second-order valence-corrected chi connectivity index (χ2v) is 8.69. The van der Waals surface area contributed by atoms with Crippen LogP contribution in [-0.2, 0) is 30.4 Å². The Labute approximate surface area is 155 Å². The molecule has 132 valence electrons. The first-order valence-corrected chi connectivity index (χ1v) is 10.5. The summed E-state index contributed by atoms with van der Waals surface area (Å²) in [5.41, 5.74) is 3.63. The highest BCUT2D eigenvalue weighted by molar-refractivity contribution is 7.17. The number of fused-ring (bicyclic) bond motifs is 2. The van der Waals surface area contributed by atoms with E-state index in [1.54, 1.807) is 11.3 Å². The summed E-state index contributed by atoms with van der Waals surface area (Å²) < 4.78 is 4.98. The van der Waals surface area contributed by atoms with E-state index in [4.69, 9.17) is 4.74 Å². The van der Waals surface area contributed by atoms with Crippen molar-refractivity contribution in [2.24, 2.45) is 0 Å². The van der Waals surface area contributed by atoms with Crippen LogP contribution in [0.25, 0.3) is 0 Å². The number of amides is 1. The van der Waals surface area contributed by atoms with Crippen molar-refractivity contribution in [1.82, 2.24) is 0 Å². The number of carbonyl (C=O) groups is 2. The number of thiophene rings is 2. The predicted octanol–water partition coefficient (Wildman–Crippen LogP) is 4.61. The molecule has 0 unspecified atom stereocenters. The topological polar surface area (TPSA) is 55.4 Å². The van der Waals surface area contributed by atoms with Gasteiger partial charge in [0.15, 0.2) is 0 Å². The van der Waals surface area contributed by atoms with E-state index < -0.39 is 0 Å². The van der Waals surface area contributed by atoms with Crippen molar-refractivity contribution >= 4 is 39.6 Å². The minimum absolute atomic E-state index is 0.0943. The molecule has 0 bridgehead atoms. The highest BCUT2D eigenvalue weighted by Crippen LogP contribution is 2.39. The van der Waals surface area contributed by atoms with Crippen LogP contribution in [0.15, 0.2) is 5.38 Å². The zero-order chi connectivity index (χ0) is 17.4. The van der Waals surface area contributed by atoms with Gasteiger partial charge in [0.25, 0.3) is 5.91 Å². The molecule has 0 fully saturated rings. The van der Waals surface area contributed by atoms with Crippen LogP contribution in [0.2, 0.25) is 0 Å². The third kappa shape index (κ3) is 3.02. The first kappa shape index (κ1) is 16.8. The molecular weight excluding hydrogens is 354 g/mol. The van der Waals surface area contributed by atoms with Gasteiger partial charge in [-0.1, -0.05) is 0 Å². The highest BCUT2D eigenvalue weighted by Gasteiger charge is 2.28. The van der Waals surface area contributed by atoms with Crippen LogP contribution in [0.4, 0.5) is 5.00 Å². The number of esters is 1. The van der Waals surface area contributed by atoms with Crippen molar-refractivity contribution < 1.29 is 14.3 Å². The Balaban J connectivity index is 1.66. The van der Waals surface area contributed by atoms with Gasteiger partial charge in [-0.25, -0.2) is 4.79 Å². The molecule has 0 spiro atoms. The predicted molar refractivity (Wildman–Crippen MR) is 101 cm³/mol. The lowest BCUT2D eigenvalue weighted by Gasteiger charge is -2.13. The zero-order valence-corrected chi connectivity index (χ0v) is 15.9. The monoisotopic (exact) mass is 375 g/mol. The van der Waals surface area contributed by atoms with Crippen LogP contribution in [0.5, 0.6) is 0 Å². The van der Waals surface area contributed by atoms with E-state index in [0.29, 0.717) is 10.6 Å². The van der Waals surface area contributed by atoms with Crippen LogP contribution in [-0.4, -0.2) is 19.0 Å². The molecule has 1 amide bonds. The molecule has 4 nitrogen and oxygen atoms in total. The maximum Gasteiger partial charge on any atom is 0.341 e. The van der Waals surface area contributed by atoms with Gasteiger partial charge in [0.05, 0.1) is 18.2 Å². The number of anilines is 1. The van der Waals surface area contributed by atoms with Crippen LogP contribution in [0.3, 0.4) is 0 Å². The summed E-state index contributed by atoms with van der Waals surface area (Å²) >= 11 is 3.22. The normalized spacial score (nSPS) is 16.0. The highest BCUT2D eigenvalue weighted by atomic mass is 32.1. The molecule has 0 atom stereocenters. The SMILES string of the molecule is COC(=O)c1c(NC(=O)c2csc3c2CCCC3)sc2c1CCCC2. The first-order chi connectivity index (χ1) is 12.2. The van der Waals surface area contributed by atoms with E-state index in [9.17, 15) is 9.59 Å². The quantitative estimate of drug-likeness (QED) is 0.797. The summed E-state index contributed by atoms with van der Waals surface area (Å²) in [6, 6.07) is 0. The minimum atomic E-state index is -0.345. The lowest BCUT2D eigenvalue weighted by atomic mass is 9.95. The summed E-state index contributed by atoms with van der Waals surface area (Å²) in [5.74, 6) is -0.440. The Kier molecular flexibility index (Phi) is 4.65. The molecule has 4 rings (SSSR count). The summed E-state index contributed by atoms with van der Waals surface area (Å²) in [6.07, 6.45) is 8.50. The summed E-state index contributed by atoms with van der Waals surface area (Å²) in [7, 11) is 1.40. The van der Waals surface area contributed by atoms with Gasteiger partial charge in [0, 0.05) is 15.1 Å². The van der Waals surface area contributed by atoms with Gasteiger partial charge in [-0.15, -0.1) is 22.7 Å². The number of rotatable bonds is 3. The van der Waals surface area contributed by atoms with Gasteiger partial charge in [-0.05, 0) is 62.5 Å². The maximum atomic E-state index is 12.9. The average molecular weight is 376 g/mol. The van der Waals surface area contributed by atoms with Crippen LogP contribution < -0.4 is 5.32 Å². The number of aryl methyl sites for hydroxylation is 2. The second kappa shape index (κ2) is 6.92. The van der Waals surface area contributed by atoms with E-state index in [1.807, 2.05) is 5.38 Å². The minimum Gasteiger partial charge on any atom is -0.465 e. The molecule has 25 heavy (non-hydrogen) atoms. The maximum absolute atomic E-state index is 12.9. The van der Waals surface area contributed by atoms with Gasteiger partial charge in [0.2, 0.25) is 0 Å². The molecule has 6 heteroatoms. The molecule has 0 radical (unpaired) electrons. The van der Waals surface area contributed by atoms with Gasteiger partial charge < -0.3 is 10.1 Å². The molecule has 0 aliphatic heterocycles. The van der Waals surface area contributed by atoms with Gasteiger partial charge in [0.1, 0.15) is 5.00 Å². The molecule has 0 saturated heterocycles. The van der Waals surface area contributed by atoms with E-state index in [2.05, 4.69) is 5.32 Å². The zero-order valence-electron chi connectivity index (χ0n) is 14.3. The first-order valence-electron chi connectivity index (χ1n) is 8.82. The molecule has 0 saturated carbocycles. The Morgan fingerprint density at radius 1 is 1.00 bits per heavy atom. The fraction of sp³-hybridized carbons (Fsp3) is 0.474. The molecule has 2 aromatic heterocycles.